The van der Waals surface area contributed by atoms with E-state index >= 15 is 0 Å². The Morgan fingerprint density at radius 1 is 1.12 bits per heavy atom. The number of carbonyl (C=O) groups excluding carboxylic acids is 2. The Balaban J connectivity index is 1.56. The summed E-state index contributed by atoms with van der Waals surface area (Å²) in [6, 6.07) is 13.5. The Labute approximate surface area is 151 Å². The van der Waals surface area contributed by atoms with Crippen molar-refractivity contribution >= 4 is 29.2 Å². The average molecular weight is 356 g/mol. The first-order valence-corrected chi connectivity index (χ1v) is 8.53. The van der Waals surface area contributed by atoms with Crippen LogP contribution in [-0.4, -0.2) is 11.9 Å². The molecule has 0 aromatic heterocycles. The van der Waals surface area contributed by atoms with Gasteiger partial charge < -0.3 is 10.1 Å². The third-order valence-electron chi connectivity index (χ3n) is 4.00. The summed E-state index contributed by atoms with van der Waals surface area (Å²) in [6.45, 7) is 0. The van der Waals surface area contributed by atoms with Crippen molar-refractivity contribution in [1.82, 2.24) is 0 Å². The number of hydrogen-bond acceptors (Lipinski definition) is 3. The van der Waals surface area contributed by atoms with E-state index in [2.05, 4.69) is 17.5 Å². The second kappa shape index (κ2) is 7.99. The molecule has 1 N–H and O–H groups in total. The highest BCUT2D eigenvalue weighted by Gasteiger charge is 2.15. The molecule has 0 fully saturated rings. The molecular weight excluding hydrogens is 338 g/mol. The molecule has 25 heavy (non-hydrogen) atoms. The van der Waals surface area contributed by atoms with Crippen LogP contribution in [0.1, 0.15) is 29.6 Å². The minimum atomic E-state index is -0.289. The zero-order valence-corrected chi connectivity index (χ0v) is 14.3. The lowest BCUT2D eigenvalue weighted by molar-refractivity contribution is -0.135. The Kier molecular flexibility index (Phi) is 5.51. The highest BCUT2D eigenvalue weighted by Crippen LogP contribution is 2.23. The number of rotatable bonds is 5. The highest BCUT2D eigenvalue weighted by atomic mass is 35.5. The van der Waals surface area contributed by atoms with E-state index in [0.29, 0.717) is 28.4 Å². The quantitative estimate of drug-likeness (QED) is 0.473. The predicted octanol–water partition coefficient (Wildman–Crippen LogP) is 4.85. The number of allylic oxidation sites excluding steroid dienone is 2. The zero-order chi connectivity index (χ0) is 17.6. The maximum atomic E-state index is 12.2. The van der Waals surface area contributed by atoms with Crippen LogP contribution in [0.4, 0.5) is 5.69 Å². The molecule has 128 valence electrons. The van der Waals surface area contributed by atoms with Crippen LogP contribution < -0.4 is 10.1 Å². The molecule has 0 saturated carbocycles. The van der Waals surface area contributed by atoms with Gasteiger partial charge in [0.2, 0.25) is 0 Å². The lowest BCUT2D eigenvalue weighted by Crippen LogP contribution is -2.13. The van der Waals surface area contributed by atoms with Crippen LogP contribution in [0, 0.1) is 5.92 Å². The van der Waals surface area contributed by atoms with Gasteiger partial charge in [0.05, 0.1) is 17.0 Å². The number of halogens is 1. The summed E-state index contributed by atoms with van der Waals surface area (Å²) in [7, 11) is 0. The van der Waals surface area contributed by atoms with Gasteiger partial charge in [-0.1, -0.05) is 35.9 Å². The van der Waals surface area contributed by atoms with E-state index in [1.165, 1.54) is 0 Å². The Morgan fingerprint density at radius 3 is 2.56 bits per heavy atom. The van der Waals surface area contributed by atoms with Gasteiger partial charge in [-0.2, -0.15) is 0 Å². The van der Waals surface area contributed by atoms with E-state index in [0.717, 1.165) is 12.8 Å². The molecule has 5 heteroatoms. The molecule has 0 bridgehead atoms. The van der Waals surface area contributed by atoms with Gasteiger partial charge in [-0.15, -0.1) is 0 Å². The Morgan fingerprint density at radius 2 is 1.88 bits per heavy atom. The van der Waals surface area contributed by atoms with E-state index in [1.807, 2.05) is 0 Å². The van der Waals surface area contributed by atoms with Crippen LogP contribution in [0.25, 0.3) is 0 Å². The fourth-order valence-electron chi connectivity index (χ4n) is 2.70. The van der Waals surface area contributed by atoms with Gasteiger partial charge in [-0.05, 0) is 55.2 Å². The predicted molar refractivity (Wildman–Crippen MR) is 98.0 cm³/mol. The van der Waals surface area contributed by atoms with Gasteiger partial charge in [0, 0.05) is 5.69 Å². The summed E-state index contributed by atoms with van der Waals surface area (Å²) in [5, 5.41) is 3.16. The average Bonchev–Trinajstić information content (AvgIpc) is 3.10. The number of esters is 1. The third-order valence-corrected chi connectivity index (χ3v) is 4.33. The summed E-state index contributed by atoms with van der Waals surface area (Å²) >= 11 is 6.01. The van der Waals surface area contributed by atoms with Crippen molar-refractivity contribution in [2.24, 2.45) is 5.92 Å². The van der Waals surface area contributed by atoms with Crippen molar-refractivity contribution in [3.8, 4) is 5.75 Å². The minimum absolute atomic E-state index is 0.246. The number of anilines is 1. The molecule has 0 spiro atoms. The van der Waals surface area contributed by atoms with Crippen molar-refractivity contribution in [2.75, 3.05) is 5.32 Å². The number of ether oxygens (including phenoxy) is 1. The molecule has 1 amide bonds. The van der Waals surface area contributed by atoms with Crippen LogP contribution in [0.2, 0.25) is 5.02 Å². The summed E-state index contributed by atoms with van der Waals surface area (Å²) in [4.78, 5) is 24.1. The maximum absolute atomic E-state index is 12.2. The van der Waals surface area contributed by atoms with E-state index in [1.54, 1.807) is 48.5 Å². The molecule has 2 aromatic carbocycles. The number of benzene rings is 2. The van der Waals surface area contributed by atoms with Crippen molar-refractivity contribution in [3.63, 3.8) is 0 Å². The summed E-state index contributed by atoms with van der Waals surface area (Å²) in [6.07, 6.45) is 6.57. The first-order chi connectivity index (χ1) is 12.1. The lowest BCUT2D eigenvalue weighted by atomic mass is 10.1. The molecule has 0 saturated heterocycles. The van der Waals surface area contributed by atoms with Gasteiger partial charge in [0.25, 0.3) is 5.91 Å². The summed E-state index contributed by atoms with van der Waals surface area (Å²) < 4.78 is 5.33. The van der Waals surface area contributed by atoms with E-state index < -0.39 is 0 Å². The largest absolute Gasteiger partial charge is 0.427 e. The highest BCUT2D eigenvalue weighted by molar-refractivity contribution is 6.34. The molecule has 1 unspecified atom stereocenters. The van der Waals surface area contributed by atoms with Crippen LogP contribution in [0.15, 0.2) is 60.7 Å². The fourth-order valence-corrected chi connectivity index (χ4v) is 2.92. The molecule has 1 aliphatic rings. The van der Waals surface area contributed by atoms with E-state index in [4.69, 9.17) is 16.3 Å². The van der Waals surface area contributed by atoms with Crippen molar-refractivity contribution in [1.29, 1.82) is 0 Å². The number of amides is 1. The number of nitrogens with one attached hydrogen (secondary N) is 1. The molecule has 4 nitrogen and oxygen atoms in total. The topological polar surface area (TPSA) is 55.4 Å². The first-order valence-electron chi connectivity index (χ1n) is 8.15. The zero-order valence-electron chi connectivity index (χ0n) is 13.6. The SMILES string of the molecule is O=C(CC1C=CCC1)Oc1ccc(NC(=O)c2ccccc2Cl)cc1. The van der Waals surface area contributed by atoms with E-state index in [-0.39, 0.29) is 17.8 Å². The number of hydrogen-bond donors (Lipinski definition) is 1. The summed E-state index contributed by atoms with van der Waals surface area (Å²) in [5.74, 6) is 0.206. The molecule has 1 aliphatic carbocycles. The normalized spacial score (nSPS) is 15.8. The van der Waals surface area contributed by atoms with Gasteiger partial charge in [0.1, 0.15) is 5.75 Å². The van der Waals surface area contributed by atoms with Gasteiger partial charge in [-0.25, -0.2) is 0 Å². The van der Waals surface area contributed by atoms with Crippen molar-refractivity contribution < 1.29 is 14.3 Å². The molecule has 1 atom stereocenters. The Bertz CT molecular complexity index is 799. The molecule has 3 rings (SSSR count). The Hall–Kier alpha value is -2.59. The van der Waals surface area contributed by atoms with Crippen LogP contribution in [-0.2, 0) is 4.79 Å². The lowest BCUT2D eigenvalue weighted by Gasteiger charge is -2.09. The number of carbonyl (C=O) groups is 2. The second-order valence-electron chi connectivity index (χ2n) is 5.90. The third kappa shape index (κ3) is 4.70. The van der Waals surface area contributed by atoms with Gasteiger partial charge >= 0.3 is 5.97 Å². The standard InChI is InChI=1S/C20H18ClNO3/c21-18-8-4-3-7-17(18)20(24)22-15-9-11-16(12-10-15)25-19(23)13-14-5-1-2-6-14/h1,3-5,7-12,14H,2,6,13H2,(H,22,24). The van der Waals surface area contributed by atoms with Gasteiger partial charge in [-0.3, -0.25) is 9.59 Å². The van der Waals surface area contributed by atoms with Crippen LogP contribution in [0.3, 0.4) is 0 Å². The van der Waals surface area contributed by atoms with Crippen LogP contribution >= 0.6 is 11.6 Å². The summed E-state index contributed by atoms with van der Waals surface area (Å²) in [5.41, 5.74) is 1.01. The molecule has 2 aromatic rings. The van der Waals surface area contributed by atoms with Gasteiger partial charge in [0.15, 0.2) is 0 Å². The fraction of sp³-hybridized carbons (Fsp3) is 0.200. The van der Waals surface area contributed by atoms with Crippen LogP contribution in [0.5, 0.6) is 5.75 Å². The minimum Gasteiger partial charge on any atom is -0.427 e. The smallest absolute Gasteiger partial charge is 0.311 e. The van der Waals surface area contributed by atoms with E-state index in [9.17, 15) is 9.59 Å². The molecule has 0 heterocycles. The molecular formula is C20H18ClNO3. The second-order valence-corrected chi connectivity index (χ2v) is 6.31. The molecule has 0 aliphatic heterocycles. The van der Waals surface area contributed by atoms with Crippen molar-refractivity contribution in [3.05, 3.63) is 71.3 Å². The first kappa shape index (κ1) is 17.2. The van der Waals surface area contributed by atoms with Crippen molar-refractivity contribution in [2.45, 2.75) is 19.3 Å². The monoisotopic (exact) mass is 355 g/mol. The maximum Gasteiger partial charge on any atom is 0.311 e. The molecule has 0 radical (unpaired) electrons.